The Kier molecular flexibility index (Phi) is 5.33. The average molecular weight is 312 g/mol. The first kappa shape index (κ1) is 15.9. The Labute approximate surface area is 124 Å². The molecule has 0 unspecified atom stereocenters. The van der Waals surface area contributed by atoms with Gasteiger partial charge in [0.25, 0.3) is 5.91 Å². The maximum atomic E-state index is 12.4. The van der Waals surface area contributed by atoms with Gasteiger partial charge in [0.15, 0.2) is 0 Å². The lowest BCUT2D eigenvalue weighted by atomic mass is 10.2. The van der Waals surface area contributed by atoms with E-state index >= 15 is 0 Å². The summed E-state index contributed by atoms with van der Waals surface area (Å²) in [5.74, 6) is -0.328. The molecular weight excluding hydrogens is 292 g/mol. The summed E-state index contributed by atoms with van der Waals surface area (Å²) >= 11 is 0. The molecule has 1 aliphatic heterocycles. The van der Waals surface area contributed by atoms with Crippen LogP contribution in [0.25, 0.3) is 0 Å². The number of nitrogens with one attached hydrogen (secondary N) is 1. The van der Waals surface area contributed by atoms with E-state index in [9.17, 15) is 13.2 Å². The van der Waals surface area contributed by atoms with Crippen molar-refractivity contribution >= 4 is 15.9 Å². The third-order valence-electron chi connectivity index (χ3n) is 3.47. The van der Waals surface area contributed by atoms with Crippen LogP contribution < -0.4 is 5.32 Å². The van der Waals surface area contributed by atoms with Gasteiger partial charge in [0.1, 0.15) is 0 Å². The summed E-state index contributed by atoms with van der Waals surface area (Å²) in [6, 6.07) is 5.89. The minimum atomic E-state index is -3.46. The molecule has 21 heavy (non-hydrogen) atoms. The van der Waals surface area contributed by atoms with E-state index in [0.717, 1.165) is 19.3 Å². The van der Waals surface area contributed by atoms with Crippen molar-refractivity contribution in [3.05, 3.63) is 29.8 Å². The highest BCUT2D eigenvalue weighted by atomic mass is 32.2. The fraction of sp³-hybridized carbons (Fsp3) is 0.500. The van der Waals surface area contributed by atoms with Gasteiger partial charge in [0.05, 0.1) is 11.5 Å². The van der Waals surface area contributed by atoms with E-state index in [1.807, 2.05) is 0 Å². The van der Waals surface area contributed by atoms with Gasteiger partial charge in [-0.05, 0) is 37.1 Å². The van der Waals surface area contributed by atoms with E-state index in [4.69, 9.17) is 5.11 Å². The molecule has 1 saturated heterocycles. The molecule has 116 valence electrons. The molecule has 0 aliphatic carbocycles. The second kappa shape index (κ2) is 7.02. The van der Waals surface area contributed by atoms with Gasteiger partial charge in [0, 0.05) is 25.2 Å². The molecule has 1 aromatic rings. The van der Waals surface area contributed by atoms with Crippen LogP contribution in [0.3, 0.4) is 0 Å². The van der Waals surface area contributed by atoms with Crippen molar-refractivity contribution < 1.29 is 18.3 Å². The molecule has 6 nitrogen and oxygen atoms in total. The molecule has 1 heterocycles. The zero-order valence-electron chi connectivity index (χ0n) is 11.8. The van der Waals surface area contributed by atoms with Crippen molar-refractivity contribution in [2.45, 2.75) is 24.2 Å². The van der Waals surface area contributed by atoms with Crippen molar-refractivity contribution in [2.75, 3.05) is 26.2 Å². The van der Waals surface area contributed by atoms with Crippen LogP contribution in [0, 0.1) is 0 Å². The minimum absolute atomic E-state index is 0.132. The van der Waals surface area contributed by atoms with Gasteiger partial charge in [-0.25, -0.2) is 8.42 Å². The summed E-state index contributed by atoms with van der Waals surface area (Å²) < 4.78 is 26.4. The number of hydrogen-bond donors (Lipinski definition) is 2. The van der Waals surface area contributed by atoms with Crippen LogP contribution in [0.4, 0.5) is 0 Å². The summed E-state index contributed by atoms with van der Waals surface area (Å²) in [4.78, 5) is 11.9. The Balaban J connectivity index is 2.12. The number of amides is 1. The summed E-state index contributed by atoms with van der Waals surface area (Å²) in [7, 11) is -3.46. The van der Waals surface area contributed by atoms with Gasteiger partial charge < -0.3 is 10.4 Å². The Morgan fingerprint density at radius 2 is 1.76 bits per heavy atom. The third kappa shape index (κ3) is 3.81. The Morgan fingerprint density at radius 1 is 1.14 bits per heavy atom. The first-order chi connectivity index (χ1) is 10.1. The second-order valence-corrected chi connectivity index (χ2v) is 6.91. The zero-order chi connectivity index (χ0) is 15.3. The minimum Gasteiger partial charge on any atom is -0.395 e. The van der Waals surface area contributed by atoms with Crippen LogP contribution in [0.15, 0.2) is 29.2 Å². The van der Waals surface area contributed by atoms with E-state index in [0.29, 0.717) is 18.7 Å². The van der Waals surface area contributed by atoms with Crippen LogP contribution in [-0.4, -0.2) is 50.0 Å². The number of benzene rings is 1. The maximum Gasteiger partial charge on any atom is 0.251 e. The number of sulfonamides is 1. The van der Waals surface area contributed by atoms with Gasteiger partial charge in [-0.1, -0.05) is 6.42 Å². The molecule has 7 heteroatoms. The molecule has 0 saturated carbocycles. The first-order valence-electron chi connectivity index (χ1n) is 7.05. The fourth-order valence-corrected chi connectivity index (χ4v) is 3.82. The molecule has 0 bridgehead atoms. The zero-order valence-corrected chi connectivity index (χ0v) is 12.6. The van der Waals surface area contributed by atoms with Crippen molar-refractivity contribution in [3.63, 3.8) is 0 Å². The molecule has 1 aromatic carbocycles. The van der Waals surface area contributed by atoms with Crippen molar-refractivity contribution in [1.29, 1.82) is 0 Å². The normalized spacial score (nSPS) is 16.6. The molecule has 0 spiro atoms. The third-order valence-corrected chi connectivity index (χ3v) is 5.38. The van der Waals surface area contributed by atoms with Crippen molar-refractivity contribution in [1.82, 2.24) is 9.62 Å². The van der Waals surface area contributed by atoms with Crippen LogP contribution in [0.2, 0.25) is 0 Å². The summed E-state index contributed by atoms with van der Waals surface area (Å²) in [5.41, 5.74) is 0.376. The lowest BCUT2D eigenvalue weighted by Crippen LogP contribution is -2.35. The van der Waals surface area contributed by atoms with Crippen LogP contribution in [0.5, 0.6) is 0 Å². The molecule has 1 amide bonds. The maximum absolute atomic E-state index is 12.4. The van der Waals surface area contributed by atoms with Crippen LogP contribution >= 0.6 is 0 Å². The van der Waals surface area contributed by atoms with Crippen molar-refractivity contribution in [3.8, 4) is 0 Å². The molecular formula is C14H20N2O4S. The van der Waals surface area contributed by atoms with Crippen LogP contribution in [0.1, 0.15) is 29.6 Å². The SMILES string of the molecule is O=C(NCCO)c1ccc(S(=O)(=O)N2CCCCC2)cc1. The lowest BCUT2D eigenvalue weighted by molar-refractivity contribution is 0.0944. The van der Waals surface area contributed by atoms with Gasteiger partial charge in [-0.15, -0.1) is 0 Å². The Bertz CT molecular complexity index is 577. The van der Waals surface area contributed by atoms with Gasteiger partial charge in [-0.3, -0.25) is 4.79 Å². The Hall–Kier alpha value is -1.44. The number of nitrogens with zero attached hydrogens (tertiary/aromatic N) is 1. The standard InChI is InChI=1S/C14H20N2O4S/c17-11-8-15-14(18)12-4-6-13(7-5-12)21(19,20)16-9-2-1-3-10-16/h4-7,17H,1-3,8-11H2,(H,15,18). The Morgan fingerprint density at radius 3 is 2.33 bits per heavy atom. The van der Waals surface area contributed by atoms with E-state index in [1.165, 1.54) is 28.6 Å². The highest BCUT2D eigenvalue weighted by molar-refractivity contribution is 7.89. The highest BCUT2D eigenvalue weighted by Gasteiger charge is 2.25. The quantitative estimate of drug-likeness (QED) is 0.833. The summed E-state index contributed by atoms with van der Waals surface area (Å²) in [5, 5.41) is 11.2. The fourth-order valence-electron chi connectivity index (χ4n) is 2.30. The number of carbonyl (C=O) groups excluding carboxylic acids is 1. The summed E-state index contributed by atoms with van der Waals surface area (Å²) in [6.45, 7) is 1.15. The number of aliphatic hydroxyl groups is 1. The molecule has 0 atom stereocenters. The number of rotatable bonds is 5. The molecule has 2 N–H and O–H groups in total. The molecule has 0 radical (unpaired) electrons. The van der Waals surface area contributed by atoms with E-state index < -0.39 is 10.0 Å². The van der Waals surface area contributed by atoms with Gasteiger partial charge in [-0.2, -0.15) is 4.31 Å². The highest BCUT2D eigenvalue weighted by Crippen LogP contribution is 2.20. The summed E-state index contributed by atoms with van der Waals surface area (Å²) in [6.07, 6.45) is 2.84. The van der Waals surface area contributed by atoms with E-state index in [-0.39, 0.29) is 24.0 Å². The number of piperidine rings is 1. The predicted octanol–water partition coefficient (Wildman–Crippen LogP) is 0.583. The molecule has 0 aromatic heterocycles. The number of carbonyl (C=O) groups is 1. The average Bonchev–Trinajstić information content (AvgIpc) is 2.53. The largest absolute Gasteiger partial charge is 0.395 e. The monoisotopic (exact) mass is 312 g/mol. The molecule has 2 rings (SSSR count). The van der Waals surface area contributed by atoms with Crippen LogP contribution in [-0.2, 0) is 10.0 Å². The molecule has 1 fully saturated rings. The topological polar surface area (TPSA) is 86.7 Å². The number of hydrogen-bond acceptors (Lipinski definition) is 4. The van der Waals surface area contributed by atoms with Gasteiger partial charge >= 0.3 is 0 Å². The first-order valence-corrected chi connectivity index (χ1v) is 8.49. The lowest BCUT2D eigenvalue weighted by Gasteiger charge is -2.25. The van der Waals surface area contributed by atoms with Gasteiger partial charge in [0.2, 0.25) is 10.0 Å². The predicted molar refractivity (Wildman–Crippen MR) is 78.5 cm³/mol. The molecule has 1 aliphatic rings. The smallest absolute Gasteiger partial charge is 0.251 e. The van der Waals surface area contributed by atoms with E-state index in [2.05, 4.69) is 5.32 Å². The van der Waals surface area contributed by atoms with Crippen molar-refractivity contribution in [2.24, 2.45) is 0 Å². The number of aliphatic hydroxyl groups excluding tert-OH is 1. The van der Waals surface area contributed by atoms with E-state index in [1.54, 1.807) is 0 Å². The second-order valence-electron chi connectivity index (χ2n) is 4.97.